The van der Waals surface area contributed by atoms with Gasteiger partial charge < -0.3 is 0 Å². The van der Waals surface area contributed by atoms with Crippen LogP contribution < -0.4 is 0 Å². The molecule has 4 aromatic carbocycles. The molecule has 1 heterocycles. The summed E-state index contributed by atoms with van der Waals surface area (Å²) < 4.78 is 0. The van der Waals surface area contributed by atoms with Crippen molar-refractivity contribution in [3.8, 4) is 0 Å². The van der Waals surface area contributed by atoms with E-state index < -0.39 is 0 Å². The summed E-state index contributed by atoms with van der Waals surface area (Å²) in [6, 6.07) is 45.9. The van der Waals surface area contributed by atoms with Gasteiger partial charge in [0.25, 0.3) is 0 Å². The summed E-state index contributed by atoms with van der Waals surface area (Å²) in [6.45, 7) is 2.49. The topological polar surface area (TPSA) is 0 Å². The van der Waals surface area contributed by atoms with Crippen LogP contribution in [0.2, 0.25) is 0 Å². The van der Waals surface area contributed by atoms with Crippen LogP contribution in [0.15, 0.2) is 121 Å². The van der Waals surface area contributed by atoms with Crippen molar-refractivity contribution in [3.05, 3.63) is 144 Å². The Kier molecular flexibility index (Phi) is 7.80. The molecule has 38 heavy (non-hydrogen) atoms. The lowest BCUT2D eigenvalue weighted by atomic mass is 9.64. The maximum absolute atomic E-state index is 2.49. The van der Waals surface area contributed by atoms with Crippen LogP contribution in [0, 0.1) is 5.41 Å². The molecule has 0 spiro atoms. The molecule has 1 saturated carbocycles. The Morgan fingerprint density at radius 1 is 0.526 bits per heavy atom. The highest BCUT2D eigenvalue weighted by Crippen LogP contribution is 2.72. The van der Waals surface area contributed by atoms with Crippen molar-refractivity contribution in [1.82, 2.24) is 0 Å². The number of benzene rings is 4. The molecule has 0 radical (unpaired) electrons. The molecule has 1 aliphatic carbocycles. The van der Waals surface area contributed by atoms with Crippen LogP contribution >= 0.6 is 7.92 Å². The highest BCUT2D eigenvalue weighted by molar-refractivity contribution is 7.58. The predicted octanol–water partition coefficient (Wildman–Crippen LogP) is 10.9. The first kappa shape index (κ1) is 25.6. The summed E-state index contributed by atoms with van der Waals surface area (Å²) in [5, 5.41) is 0. The van der Waals surface area contributed by atoms with Crippen molar-refractivity contribution >= 4 is 7.92 Å². The minimum atomic E-state index is -0.154. The number of rotatable bonds is 8. The van der Waals surface area contributed by atoms with Crippen LogP contribution in [0.5, 0.6) is 0 Å². The maximum Gasteiger partial charge on any atom is 0.00476 e. The smallest absolute Gasteiger partial charge is 0.00476 e. The van der Waals surface area contributed by atoms with Crippen LogP contribution in [-0.4, -0.2) is 6.16 Å². The van der Waals surface area contributed by atoms with Gasteiger partial charge in [-0.05, 0) is 84.2 Å². The van der Waals surface area contributed by atoms with E-state index in [9.17, 15) is 0 Å². The third kappa shape index (κ3) is 4.89. The molecule has 6 rings (SSSR count). The molecule has 0 amide bonds. The van der Waals surface area contributed by atoms with Crippen LogP contribution in [0.25, 0.3) is 0 Å². The second-order valence-corrected chi connectivity index (χ2v) is 14.2. The molecule has 2 fully saturated rings. The van der Waals surface area contributed by atoms with E-state index in [1.165, 1.54) is 44.7 Å². The molecule has 1 aliphatic heterocycles. The van der Waals surface area contributed by atoms with Gasteiger partial charge in [-0.1, -0.05) is 136 Å². The first-order chi connectivity index (χ1) is 18.8. The Labute approximate surface area is 231 Å². The lowest BCUT2D eigenvalue weighted by Gasteiger charge is -2.42. The average molecular weight is 517 g/mol. The monoisotopic (exact) mass is 516 g/mol. The molecule has 4 aromatic rings. The molecular formula is C37H41P. The quantitative estimate of drug-likeness (QED) is 0.204. The Balaban J connectivity index is 1.37. The van der Waals surface area contributed by atoms with Crippen LogP contribution in [-0.2, 0) is 0 Å². The zero-order valence-corrected chi connectivity index (χ0v) is 23.6. The van der Waals surface area contributed by atoms with E-state index >= 15 is 0 Å². The van der Waals surface area contributed by atoms with E-state index in [4.69, 9.17) is 0 Å². The third-order valence-electron chi connectivity index (χ3n) is 9.91. The van der Waals surface area contributed by atoms with Gasteiger partial charge in [0.1, 0.15) is 0 Å². The van der Waals surface area contributed by atoms with Gasteiger partial charge >= 0.3 is 0 Å². The lowest BCUT2D eigenvalue weighted by molar-refractivity contribution is 0.205. The SMILES string of the molecule is CCC1(CCP2[C@H](c3ccccc3)CC[C@H]2c2ccccc2)[C@H](c2ccccc2)CC[C@H]1c1ccccc1. The van der Waals surface area contributed by atoms with E-state index in [0.29, 0.717) is 17.3 Å². The Morgan fingerprint density at radius 3 is 1.26 bits per heavy atom. The molecule has 0 nitrogen and oxygen atoms in total. The summed E-state index contributed by atoms with van der Waals surface area (Å²) in [5.41, 5.74) is 8.03. The van der Waals surface area contributed by atoms with Gasteiger partial charge in [-0.15, -0.1) is 0 Å². The molecule has 1 heteroatoms. The van der Waals surface area contributed by atoms with E-state index in [-0.39, 0.29) is 7.92 Å². The summed E-state index contributed by atoms with van der Waals surface area (Å²) in [6.07, 6.45) is 9.23. The first-order valence-electron chi connectivity index (χ1n) is 14.8. The minimum absolute atomic E-state index is 0.154. The summed E-state index contributed by atoms with van der Waals surface area (Å²) in [7, 11) is -0.154. The molecule has 0 bridgehead atoms. The van der Waals surface area contributed by atoms with E-state index in [0.717, 1.165) is 11.3 Å². The number of hydrogen-bond acceptors (Lipinski definition) is 0. The Bertz CT molecular complexity index is 1170. The van der Waals surface area contributed by atoms with Crippen molar-refractivity contribution in [2.45, 2.75) is 68.6 Å². The largest absolute Gasteiger partial charge is 0.0913 e. The highest BCUT2D eigenvalue weighted by Gasteiger charge is 2.50. The zero-order chi connectivity index (χ0) is 25.8. The molecule has 0 N–H and O–H groups in total. The fourth-order valence-corrected chi connectivity index (χ4v) is 11.9. The van der Waals surface area contributed by atoms with E-state index in [1.807, 2.05) is 0 Å². The fourth-order valence-electron chi connectivity index (χ4n) is 8.12. The van der Waals surface area contributed by atoms with Crippen LogP contribution in [0.4, 0.5) is 0 Å². The van der Waals surface area contributed by atoms with E-state index in [1.54, 1.807) is 22.3 Å². The second kappa shape index (κ2) is 11.6. The average Bonchev–Trinajstić information content (AvgIpc) is 3.60. The molecular weight excluding hydrogens is 475 g/mol. The zero-order valence-electron chi connectivity index (χ0n) is 22.8. The van der Waals surface area contributed by atoms with E-state index in [2.05, 4.69) is 128 Å². The van der Waals surface area contributed by atoms with Crippen LogP contribution in [0.1, 0.15) is 90.9 Å². The van der Waals surface area contributed by atoms with Crippen molar-refractivity contribution in [2.75, 3.05) is 6.16 Å². The number of hydrogen-bond donors (Lipinski definition) is 0. The van der Waals surface area contributed by atoms with Crippen molar-refractivity contribution < 1.29 is 0 Å². The summed E-state index contributed by atoms with van der Waals surface area (Å²) in [5.74, 6) is 1.28. The normalized spacial score (nSPS) is 25.0. The molecule has 2 aliphatic rings. The fraction of sp³-hybridized carbons (Fsp3) is 0.351. The summed E-state index contributed by atoms with van der Waals surface area (Å²) in [4.78, 5) is 0. The molecule has 194 valence electrons. The maximum atomic E-state index is 2.49. The molecule has 1 saturated heterocycles. The predicted molar refractivity (Wildman–Crippen MR) is 164 cm³/mol. The van der Waals surface area contributed by atoms with Gasteiger partial charge in [-0.2, -0.15) is 0 Å². The molecule has 0 aromatic heterocycles. The van der Waals surface area contributed by atoms with Gasteiger partial charge in [-0.3, -0.25) is 0 Å². The first-order valence-corrected chi connectivity index (χ1v) is 16.4. The second-order valence-electron chi connectivity index (χ2n) is 11.5. The summed E-state index contributed by atoms with van der Waals surface area (Å²) >= 11 is 0. The Hall–Kier alpha value is -2.69. The third-order valence-corrected chi connectivity index (χ3v) is 13.4. The van der Waals surface area contributed by atoms with Gasteiger partial charge in [0, 0.05) is 11.3 Å². The van der Waals surface area contributed by atoms with Gasteiger partial charge in [0.15, 0.2) is 0 Å². The van der Waals surface area contributed by atoms with Crippen molar-refractivity contribution in [1.29, 1.82) is 0 Å². The minimum Gasteiger partial charge on any atom is -0.0913 e. The molecule has 4 atom stereocenters. The van der Waals surface area contributed by atoms with Gasteiger partial charge in [-0.25, -0.2) is 0 Å². The Morgan fingerprint density at radius 2 is 0.895 bits per heavy atom. The standard InChI is InChI=1S/C37H41P/c1-2-37(33(29-15-7-3-8-16-29)23-24-34(37)30-17-9-4-10-18-30)27-28-38-35(31-19-11-5-12-20-31)25-26-36(38)32-21-13-6-14-22-32/h3-22,33-36H,2,23-28H2,1H3/t33-,34-,35-,36-/m0/s1. The van der Waals surface area contributed by atoms with Crippen LogP contribution in [0.3, 0.4) is 0 Å². The van der Waals surface area contributed by atoms with Gasteiger partial charge in [0.2, 0.25) is 0 Å². The highest BCUT2D eigenvalue weighted by atomic mass is 31.1. The lowest BCUT2D eigenvalue weighted by Crippen LogP contribution is -2.30. The van der Waals surface area contributed by atoms with Crippen molar-refractivity contribution in [3.63, 3.8) is 0 Å². The molecule has 0 unspecified atom stereocenters. The van der Waals surface area contributed by atoms with Gasteiger partial charge in [0.05, 0.1) is 0 Å². The van der Waals surface area contributed by atoms with Crippen molar-refractivity contribution in [2.24, 2.45) is 5.41 Å².